The first-order valence-corrected chi connectivity index (χ1v) is 13.9. The SMILES string of the molecule is COc1cccc(C=Nc2cnc(S(=O)(=O)Nc3nc(-c4ccc(F)c(F)c4)c(C4COC4)s3)c(C)c2)c1O. The summed E-state index contributed by atoms with van der Waals surface area (Å²) in [5, 5.41) is 10.1. The summed E-state index contributed by atoms with van der Waals surface area (Å²) >= 11 is 1.11. The van der Waals surface area contributed by atoms with Crippen molar-refractivity contribution in [2.75, 3.05) is 25.0 Å². The van der Waals surface area contributed by atoms with Crippen LogP contribution in [0.1, 0.15) is 21.9 Å². The molecule has 4 aromatic rings. The Balaban J connectivity index is 1.41. The molecule has 1 aliphatic heterocycles. The third-order valence-electron chi connectivity index (χ3n) is 5.95. The predicted octanol–water partition coefficient (Wildman–Crippen LogP) is 5.17. The van der Waals surface area contributed by atoms with Crippen molar-refractivity contribution in [3.63, 3.8) is 0 Å². The van der Waals surface area contributed by atoms with Gasteiger partial charge in [-0.3, -0.25) is 9.71 Å². The van der Waals surface area contributed by atoms with Crippen LogP contribution in [0.5, 0.6) is 11.5 Å². The summed E-state index contributed by atoms with van der Waals surface area (Å²) in [6.45, 7) is 2.41. The molecule has 0 atom stereocenters. The zero-order chi connectivity index (χ0) is 27.7. The number of rotatable bonds is 8. The lowest BCUT2D eigenvalue weighted by Gasteiger charge is -2.25. The number of pyridine rings is 1. The highest BCUT2D eigenvalue weighted by molar-refractivity contribution is 7.92. The second kappa shape index (κ2) is 10.7. The number of aromatic hydroxyl groups is 1. The number of sulfonamides is 1. The molecule has 202 valence electrons. The lowest BCUT2D eigenvalue weighted by Crippen LogP contribution is -2.24. The number of aliphatic imine (C=N–C) groups is 1. The van der Waals surface area contributed by atoms with E-state index in [1.54, 1.807) is 31.2 Å². The number of aromatic nitrogens is 2. The molecule has 9 nitrogen and oxygen atoms in total. The monoisotopic (exact) mass is 572 g/mol. The van der Waals surface area contributed by atoms with E-state index in [1.165, 1.54) is 25.6 Å². The normalized spacial score (nSPS) is 13.9. The number of phenols is 1. The molecule has 1 fully saturated rings. The molecular formula is C26H22F2N4O5S2. The van der Waals surface area contributed by atoms with Gasteiger partial charge in [0.15, 0.2) is 33.3 Å². The van der Waals surface area contributed by atoms with Crippen LogP contribution in [0.2, 0.25) is 0 Å². The number of ether oxygens (including phenoxy) is 2. The molecule has 1 saturated heterocycles. The highest BCUT2D eigenvalue weighted by Gasteiger charge is 2.29. The maximum Gasteiger partial charge on any atom is 0.281 e. The number of nitrogens with zero attached hydrogens (tertiary/aromatic N) is 3. The fourth-order valence-corrected chi connectivity index (χ4v) is 6.35. The number of hydrogen-bond acceptors (Lipinski definition) is 9. The van der Waals surface area contributed by atoms with Crippen LogP contribution in [0.4, 0.5) is 19.6 Å². The zero-order valence-corrected chi connectivity index (χ0v) is 22.3. The lowest BCUT2D eigenvalue weighted by atomic mass is 10.0. The summed E-state index contributed by atoms with van der Waals surface area (Å²) in [6, 6.07) is 9.93. The average Bonchev–Trinajstić information content (AvgIpc) is 3.25. The van der Waals surface area contributed by atoms with Crippen LogP contribution >= 0.6 is 11.3 Å². The predicted molar refractivity (Wildman–Crippen MR) is 143 cm³/mol. The minimum Gasteiger partial charge on any atom is -0.504 e. The summed E-state index contributed by atoms with van der Waals surface area (Å²) in [5.41, 5.74) is 1.81. The molecule has 3 heterocycles. The van der Waals surface area contributed by atoms with Crippen LogP contribution < -0.4 is 9.46 Å². The minimum atomic E-state index is -4.15. The van der Waals surface area contributed by atoms with Gasteiger partial charge >= 0.3 is 0 Å². The van der Waals surface area contributed by atoms with Gasteiger partial charge in [0.1, 0.15) is 0 Å². The molecule has 2 aromatic carbocycles. The maximum atomic E-state index is 13.9. The fraction of sp³-hybridized carbons (Fsp3) is 0.192. The van der Waals surface area contributed by atoms with Gasteiger partial charge in [0.2, 0.25) is 0 Å². The standard InChI is InChI=1S/C26H22F2N4O5S2/c1-14-8-18(29-10-16-4-3-5-21(36-2)23(16)33)11-30-25(14)39(34,35)32-26-31-22(24(38-26)17-12-37-13-17)15-6-7-19(27)20(28)9-15/h3-11,17,33H,12-13H2,1-2H3,(H,31,32). The first kappa shape index (κ1) is 26.7. The first-order valence-electron chi connectivity index (χ1n) is 11.6. The van der Waals surface area contributed by atoms with Crippen molar-refractivity contribution < 1.29 is 31.8 Å². The molecule has 0 aliphatic carbocycles. The van der Waals surface area contributed by atoms with Crippen molar-refractivity contribution in [3.8, 4) is 22.8 Å². The van der Waals surface area contributed by atoms with Crippen LogP contribution in [-0.4, -0.2) is 50.0 Å². The number of hydrogen-bond donors (Lipinski definition) is 2. The van der Waals surface area contributed by atoms with Crippen LogP contribution in [0.15, 0.2) is 58.7 Å². The summed E-state index contributed by atoms with van der Waals surface area (Å²) in [7, 11) is -2.71. The summed E-state index contributed by atoms with van der Waals surface area (Å²) in [4.78, 5) is 13.5. The van der Waals surface area contributed by atoms with Gasteiger partial charge in [-0.25, -0.2) is 18.7 Å². The smallest absolute Gasteiger partial charge is 0.281 e. The highest BCUT2D eigenvalue weighted by Crippen LogP contribution is 2.40. The molecule has 2 N–H and O–H groups in total. The Hall–Kier alpha value is -3.94. The van der Waals surface area contributed by atoms with Crippen molar-refractivity contribution in [2.24, 2.45) is 4.99 Å². The van der Waals surface area contributed by atoms with E-state index in [-0.39, 0.29) is 21.8 Å². The Bertz CT molecular complexity index is 1690. The van der Waals surface area contributed by atoms with Crippen molar-refractivity contribution in [2.45, 2.75) is 17.9 Å². The summed E-state index contributed by atoms with van der Waals surface area (Å²) < 4.78 is 66.6. The largest absolute Gasteiger partial charge is 0.504 e. The molecule has 0 saturated carbocycles. The molecule has 13 heteroatoms. The van der Waals surface area contributed by atoms with Gasteiger partial charge in [0.05, 0.1) is 37.9 Å². The molecule has 0 spiro atoms. The van der Waals surface area contributed by atoms with Gasteiger partial charge in [-0.2, -0.15) is 8.42 Å². The molecule has 0 unspecified atom stereocenters. The number of aryl methyl sites for hydroxylation is 1. The summed E-state index contributed by atoms with van der Waals surface area (Å²) in [6.07, 6.45) is 2.71. The zero-order valence-electron chi connectivity index (χ0n) is 20.7. The number of halogens is 2. The molecule has 1 aliphatic rings. The number of phenolic OH excluding ortho intramolecular Hbond substituents is 1. The number of thiazole rings is 1. The van der Waals surface area contributed by atoms with E-state index in [0.717, 1.165) is 23.5 Å². The molecule has 0 bridgehead atoms. The minimum absolute atomic E-state index is 0.0371. The molecule has 0 radical (unpaired) electrons. The molecule has 39 heavy (non-hydrogen) atoms. The third kappa shape index (κ3) is 5.46. The fourth-order valence-electron chi connectivity index (χ4n) is 3.90. The second-order valence-electron chi connectivity index (χ2n) is 8.67. The van der Waals surface area contributed by atoms with E-state index in [0.29, 0.717) is 51.9 Å². The van der Waals surface area contributed by atoms with Gasteiger partial charge < -0.3 is 14.6 Å². The van der Waals surface area contributed by atoms with Crippen molar-refractivity contribution in [3.05, 3.63) is 76.3 Å². The first-order chi connectivity index (χ1) is 18.7. The third-order valence-corrected chi connectivity index (χ3v) is 8.61. The molecular weight excluding hydrogens is 550 g/mol. The van der Waals surface area contributed by atoms with Crippen LogP contribution in [0.3, 0.4) is 0 Å². The molecule has 2 aromatic heterocycles. The number of para-hydroxylation sites is 1. The number of nitrogens with one attached hydrogen (secondary N) is 1. The Labute approximate surface area is 226 Å². The van der Waals surface area contributed by atoms with Crippen molar-refractivity contribution in [1.29, 1.82) is 0 Å². The Kier molecular flexibility index (Phi) is 7.30. The second-order valence-corrected chi connectivity index (χ2v) is 11.3. The van der Waals surface area contributed by atoms with Crippen molar-refractivity contribution >= 4 is 38.4 Å². The van der Waals surface area contributed by atoms with Gasteiger partial charge in [-0.15, -0.1) is 11.3 Å². The van der Waals surface area contributed by atoms with Gasteiger partial charge in [-0.05, 0) is 48.9 Å². The quantitative estimate of drug-likeness (QED) is 0.279. The topological polar surface area (TPSA) is 123 Å². The number of methoxy groups -OCH3 is 1. The van der Waals surface area contributed by atoms with Crippen molar-refractivity contribution in [1.82, 2.24) is 9.97 Å². The van der Waals surface area contributed by atoms with E-state index in [2.05, 4.69) is 19.7 Å². The maximum absolute atomic E-state index is 13.9. The van der Waals surface area contributed by atoms with Gasteiger partial charge in [-0.1, -0.05) is 6.07 Å². The average molecular weight is 573 g/mol. The lowest BCUT2D eigenvalue weighted by molar-refractivity contribution is 0.0100. The van der Waals surface area contributed by atoms with Crippen LogP contribution in [0.25, 0.3) is 11.3 Å². The Morgan fingerprint density at radius 2 is 2.00 bits per heavy atom. The van der Waals surface area contributed by atoms with E-state index in [9.17, 15) is 22.3 Å². The van der Waals surface area contributed by atoms with E-state index >= 15 is 0 Å². The highest BCUT2D eigenvalue weighted by atomic mass is 32.2. The Morgan fingerprint density at radius 1 is 1.21 bits per heavy atom. The molecule has 5 rings (SSSR count). The van der Waals surface area contributed by atoms with E-state index in [4.69, 9.17) is 9.47 Å². The van der Waals surface area contributed by atoms with E-state index < -0.39 is 21.7 Å². The van der Waals surface area contributed by atoms with E-state index in [1.807, 2.05) is 0 Å². The number of benzene rings is 2. The number of anilines is 1. The van der Waals surface area contributed by atoms with Crippen LogP contribution in [-0.2, 0) is 14.8 Å². The van der Waals surface area contributed by atoms with Gasteiger partial charge in [0, 0.05) is 28.1 Å². The Morgan fingerprint density at radius 3 is 2.67 bits per heavy atom. The summed E-state index contributed by atoms with van der Waals surface area (Å²) in [5.74, 6) is -1.83. The van der Waals surface area contributed by atoms with Gasteiger partial charge in [0.25, 0.3) is 10.0 Å². The molecule has 0 amide bonds. The van der Waals surface area contributed by atoms with Crippen LogP contribution in [0, 0.1) is 18.6 Å².